The van der Waals surface area contributed by atoms with Gasteiger partial charge in [-0.3, -0.25) is 14.2 Å². The van der Waals surface area contributed by atoms with E-state index in [0.717, 1.165) is 22.5 Å². The van der Waals surface area contributed by atoms with Crippen molar-refractivity contribution in [3.8, 4) is 5.69 Å². The third-order valence-corrected chi connectivity index (χ3v) is 6.71. The van der Waals surface area contributed by atoms with Gasteiger partial charge < -0.3 is 4.90 Å². The predicted molar refractivity (Wildman–Crippen MR) is 125 cm³/mol. The highest BCUT2D eigenvalue weighted by Crippen LogP contribution is 2.26. The first-order valence-electron chi connectivity index (χ1n) is 9.48. The van der Waals surface area contributed by atoms with Gasteiger partial charge in [0.05, 0.1) is 17.0 Å². The zero-order chi connectivity index (χ0) is 21.3. The summed E-state index contributed by atoms with van der Waals surface area (Å²) in [5.74, 6) is 0.122. The molecule has 0 unspecified atom stereocenters. The van der Waals surface area contributed by atoms with Crippen LogP contribution in [-0.2, 0) is 4.79 Å². The van der Waals surface area contributed by atoms with Crippen molar-refractivity contribution < 1.29 is 4.79 Å². The van der Waals surface area contributed by atoms with Crippen molar-refractivity contribution in [3.05, 3.63) is 81.5 Å². The van der Waals surface area contributed by atoms with Gasteiger partial charge in [-0.2, -0.15) is 0 Å². The lowest BCUT2D eigenvalue weighted by Gasteiger charge is -2.18. The lowest BCUT2D eigenvalue weighted by Crippen LogP contribution is -2.28. The molecule has 0 aliphatic carbocycles. The first kappa shape index (κ1) is 20.4. The molecule has 0 aliphatic heterocycles. The van der Waals surface area contributed by atoms with Crippen molar-refractivity contribution in [1.29, 1.82) is 0 Å². The van der Waals surface area contributed by atoms with Crippen LogP contribution < -0.4 is 10.5 Å². The lowest BCUT2D eigenvalue weighted by molar-refractivity contribution is -0.115. The van der Waals surface area contributed by atoms with Crippen LogP contribution in [0.4, 0.5) is 5.69 Å². The standard InChI is InChI=1S/C23H21N3O2S2/c1-15-9-10-16(2)19(13-15)26-22(28)21-18(11-12-29-21)24-23(26)30-14-20(27)25(3)17-7-5-4-6-8-17/h4-13H,14H2,1-3H3. The largest absolute Gasteiger partial charge is 0.315 e. The van der Waals surface area contributed by atoms with Crippen molar-refractivity contribution in [2.45, 2.75) is 19.0 Å². The summed E-state index contributed by atoms with van der Waals surface area (Å²) in [6.07, 6.45) is 0. The van der Waals surface area contributed by atoms with Crippen molar-refractivity contribution in [2.75, 3.05) is 17.7 Å². The highest BCUT2D eigenvalue weighted by Gasteiger charge is 2.18. The number of para-hydroxylation sites is 1. The van der Waals surface area contributed by atoms with Gasteiger partial charge in [0.1, 0.15) is 4.70 Å². The van der Waals surface area contributed by atoms with Crippen LogP contribution in [0.1, 0.15) is 11.1 Å². The Morgan fingerprint density at radius 3 is 2.67 bits per heavy atom. The minimum Gasteiger partial charge on any atom is -0.315 e. The molecule has 7 heteroatoms. The molecule has 2 heterocycles. The highest BCUT2D eigenvalue weighted by molar-refractivity contribution is 7.99. The Kier molecular flexibility index (Phi) is 5.74. The molecule has 30 heavy (non-hydrogen) atoms. The van der Waals surface area contributed by atoms with Gasteiger partial charge >= 0.3 is 0 Å². The third kappa shape index (κ3) is 3.91. The number of anilines is 1. The molecule has 0 saturated carbocycles. The average molecular weight is 436 g/mol. The maximum atomic E-state index is 13.3. The SMILES string of the molecule is Cc1ccc(C)c(-n2c(SCC(=O)N(C)c3ccccc3)nc3ccsc3c2=O)c1. The molecular formula is C23H21N3O2S2. The van der Waals surface area contributed by atoms with Crippen molar-refractivity contribution >= 4 is 44.9 Å². The van der Waals surface area contributed by atoms with Crippen LogP contribution in [0.15, 0.2) is 69.9 Å². The van der Waals surface area contributed by atoms with Gasteiger partial charge in [-0.05, 0) is 54.6 Å². The number of fused-ring (bicyclic) bond motifs is 1. The molecule has 5 nitrogen and oxygen atoms in total. The van der Waals surface area contributed by atoms with E-state index in [1.54, 1.807) is 16.5 Å². The molecular weight excluding hydrogens is 414 g/mol. The van der Waals surface area contributed by atoms with E-state index >= 15 is 0 Å². The van der Waals surface area contributed by atoms with E-state index in [1.807, 2.05) is 73.8 Å². The molecule has 0 aliphatic rings. The fraction of sp³-hybridized carbons (Fsp3) is 0.174. The molecule has 0 radical (unpaired) electrons. The molecule has 0 atom stereocenters. The monoisotopic (exact) mass is 435 g/mol. The Balaban J connectivity index is 1.72. The van der Waals surface area contributed by atoms with Gasteiger partial charge in [-0.1, -0.05) is 42.1 Å². The van der Waals surface area contributed by atoms with Gasteiger partial charge in [0.2, 0.25) is 5.91 Å². The summed E-state index contributed by atoms with van der Waals surface area (Å²) in [5.41, 5.74) is 4.23. The lowest BCUT2D eigenvalue weighted by atomic mass is 10.1. The summed E-state index contributed by atoms with van der Waals surface area (Å²) >= 11 is 2.67. The summed E-state index contributed by atoms with van der Waals surface area (Å²) in [6.45, 7) is 3.97. The van der Waals surface area contributed by atoms with Crippen LogP contribution in [0, 0.1) is 13.8 Å². The van der Waals surface area contributed by atoms with Crippen molar-refractivity contribution in [1.82, 2.24) is 9.55 Å². The molecule has 0 N–H and O–H groups in total. The Labute approximate surface area is 183 Å². The molecule has 0 bridgehead atoms. The molecule has 2 aromatic heterocycles. The predicted octanol–water partition coefficient (Wildman–Crippen LogP) is 4.82. The number of thioether (sulfide) groups is 1. The second-order valence-corrected chi connectivity index (χ2v) is 8.90. The molecule has 4 aromatic rings. The molecule has 4 rings (SSSR count). The van der Waals surface area contributed by atoms with Crippen LogP contribution >= 0.6 is 23.1 Å². The Morgan fingerprint density at radius 1 is 1.13 bits per heavy atom. The zero-order valence-electron chi connectivity index (χ0n) is 17.0. The van der Waals surface area contributed by atoms with E-state index in [1.165, 1.54) is 23.1 Å². The summed E-state index contributed by atoms with van der Waals surface area (Å²) in [5, 5.41) is 2.39. The number of hydrogen-bond acceptors (Lipinski definition) is 5. The zero-order valence-corrected chi connectivity index (χ0v) is 18.6. The van der Waals surface area contributed by atoms with Crippen LogP contribution in [0.3, 0.4) is 0 Å². The van der Waals surface area contributed by atoms with E-state index in [2.05, 4.69) is 0 Å². The van der Waals surface area contributed by atoms with E-state index in [9.17, 15) is 9.59 Å². The van der Waals surface area contributed by atoms with Gasteiger partial charge in [0.25, 0.3) is 5.56 Å². The minimum absolute atomic E-state index is 0.0571. The van der Waals surface area contributed by atoms with E-state index in [-0.39, 0.29) is 17.2 Å². The van der Waals surface area contributed by atoms with Gasteiger partial charge in [0.15, 0.2) is 5.16 Å². The highest BCUT2D eigenvalue weighted by atomic mass is 32.2. The van der Waals surface area contributed by atoms with Gasteiger partial charge in [-0.25, -0.2) is 4.98 Å². The Hall–Kier alpha value is -2.90. The van der Waals surface area contributed by atoms with Crippen LogP contribution in [0.5, 0.6) is 0 Å². The summed E-state index contributed by atoms with van der Waals surface area (Å²) in [6, 6.07) is 17.3. The van der Waals surface area contributed by atoms with Gasteiger partial charge in [-0.15, -0.1) is 11.3 Å². The topological polar surface area (TPSA) is 55.2 Å². The molecule has 0 saturated heterocycles. The first-order valence-corrected chi connectivity index (χ1v) is 11.3. The van der Waals surface area contributed by atoms with Crippen molar-refractivity contribution in [3.63, 3.8) is 0 Å². The number of carbonyl (C=O) groups is 1. The molecule has 152 valence electrons. The fourth-order valence-electron chi connectivity index (χ4n) is 3.18. The first-order chi connectivity index (χ1) is 14.5. The second kappa shape index (κ2) is 8.45. The number of aromatic nitrogens is 2. The van der Waals surface area contributed by atoms with E-state index < -0.39 is 0 Å². The Bertz CT molecular complexity index is 1280. The number of benzene rings is 2. The second-order valence-electron chi connectivity index (χ2n) is 7.04. The van der Waals surface area contributed by atoms with E-state index in [0.29, 0.717) is 15.4 Å². The summed E-state index contributed by atoms with van der Waals surface area (Å²) in [4.78, 5) is 32.4. The molecule has 1 amide bonds. The maximum Gasteiger partial charge on any atom is 0.276 e. The summed E-state index contributed by atoms with van der Waals surface area (Å²) in [7, 11) is 1.76. The number of amides is 1. The van der Waals surface area contributed by atoms with E-state index in [4.69, 9.17) is 4.98 Å². The molecule has 2 aromatic carbocycles. The van der Waals surface area contributed by atoms with Crippen molar-refractivity contribution in [2.24, 2.45) is 0 Å². The van der Waals surface area contributed by atoms with Crippen LogP contribution in [0.25, 0.3) is 15.9 Å². The summed E-state index contributed by atoms with van der Waals surface area (Å²) < 4.78 is 2.26. The number of thiophene rings is 1. The smallest absolute Gasteiger partial charge is 0.276 e. The van der Waals surface area contributed by atoms with Gasteiger partial charge in [0, 0.05) is 12.7 Å². The number of aryl methyl sites for hydroxylation is 2. The maximum absolute atomic E-state index is 13.3. The number of nitrogens with zero attached hydrogens (tertiary/aromatic N) is 3. The normalized spacial score (nSPS) is 11.0. The quantitative estimate of drug-likeness (QED) is 0.333. The number of rotatable bonds is 5. The van der Waals surface area contributed by atoms with Crippen LogP contribution in [-0.4, -0.2) is 28.3 Å². The number of carbonyl (C=O) groups excluding carboxylic acids is 1. The minimum atomic E-state index is -0.102. The number of hydrogen-bond donors (Lipinski definition) is 0. The third-order valence-electron chi connectivity index (χ3n) is 4.90. The molecule has 0 spiro atoms. The fourth-order valence-corrected chi connectivity index (χ4v) is 4.86. The van der Waals surface area contributed by atoms with Crippen LogP contribution in [0.2, 0.25) is 0 Å². The molecule has 0 fully saturated rings. The average Bonchev–Trinajstić information content (AvgIpc) is 3.23. The Morgan fingerprint density at radius 2 is 1.90 bits per heavy atom.